The van der Waals surface area contributed by atoms with Gasteiger partial charge in [-0.15, -0.1) is 11.3 Å². The quantitative estimate of drug-likeness (QED) is 0.891. The first-order chi connectivity index (χ1) is 9.72. The first kappa shape index (κ1) is 15.4. The average molecular weight is 297 g/mol. The molecule has 1 atom stereocenters. The minimum Gasteiger partial charge on any atom is -0.395 e. The third-order valence-electron chi connectivity index (χ3n) is 3.80. The molecule has 0 unspecified atom stereocenters. The van der Waals surface area contributed by atoms with Crippen LogP contribution in [-0.4, -0.2) is 58.6 Å². The van der Waals surface area contributed by atoms with E-state index in [0.717, 1.165) is 30.8 Å². The summed E-state index contributed by atoms with van der Waals surface area (Å²) in [6.45, 7) is 1.85. The summed E-state index contributed by atoms with van der Waals surface area (Å²) >= 11 is 1.55. The van der Waals surface area contributed by atoms with Crippen LogP contribution in [0.5, 0.6) is 0 Å². The van der Waals surface area contributed by atoms with Crippen molar-refractivity contribution in [3.05, 3.63) is 16.6 Å². The molecule has 1 fully saturated rings. The van der Waals surface area contributed by atoms with E-state index < -0.39 is 0 Å². The SMILES string of the molecule is CN1CCCCC[C@H]1C(=O)N(CCO)Cc1nccs1. The van der Waals surface area contributed by atoms with Crippen molar-refractivity contribution in [1.82, 2.24) is 14.8 Å². The van der Waals surface area contributed by atoms with Crippen LogP contribution < -0.4 is 0 Å². The van der Waals surface area contributed by atoms with Gasteiger partial charge in [0.1, 0.15) is 5.01 Å². The van der Waals surface area contributed by atoms with Crippen molar-refractivity contribution in [3.8, 4) is 0 Å². The second kappa shape index (κ2) is 7.71. The molecule has 6 heteroatoms. The summed E-state index contributed by atoms with van der Waals surface area (Å²) in [7, 11) is 2.02. The van der Waals surface area contributed by atoms with Gasteiger partial charge in [-0.1, -0.05) is 12.8 Å². The molecule has 2 heterocycles. The number of amides is 1. The number of likely N-dealkylation sites (N-methyl/N-ethyl adjacent to an activating group) is 1. The molecule has 2 rings (SSSR count). The lowest BCUT2D eigenvalue weighted by atomic mass is 10.1. The second-order valence-electron chi connectivity index (χ2n) is 5.25. The molecule has 1 N–H and O–H groups in total. The highest BCUT2D eigenvalue weighted by atomic mass is 32.1. The molecule has 20 heavy (non-hydrogen) atoms. The highest BCUT2D eigenvalue weighted by Gasteiger charge is 2.28. The summed E-state index contributed by atoms with van der Waals surface area (Å²) in [4.78, 5) is 20.9. The normalized spacial score (nSPS) is 20.6. The highest BCUT2D eigenvalue weighted by Crippen LogP contribution is 2.18. The molecule has 0 saturated carbocycles. The molecule has 1 saturated heterocycles. The van der Waals surface area contributed by atoms with Crippen molar-refractivity contribution in [3.63, 3.8) is 0 Å². The second-order valence-corrected chi connectivity index (χ2v) is 6.23. The Bertz CT molecular complexity index is 411. The van der Waals surface area contributed by atoms with Crippen molar-refractivity contribution in [1.29, 1.82) is 0 Å². The van der Waals surface area contributed by atoms with Gasteiger partial charge in [0.15, 0.2) is 0 Å². The lowest BCUT2D eigenvalue weighted by molar-refractivity contribution is -0.137. The predicted octanol–water partition coefficient (Wildman–Crippen LogP) is 1.34. The Balaban J connectivity index is 2.04. The fraction of sp³-hybridized carbons (Fsp3) is 0.714. The first-order valence-corrected chi connectivity index (χ1v) is 8.08. The molecule has 0 spiro atoms. The number of hydrogen-bond acceptors (Lipinski definition) is 5. The van der Waals surface area contributed by atoms with Crippen LogP contribution in [0.15, 0.2) is 11.6 Å². The van der Waals surface area contributed by atoms with Gasteiger partial charge in [0.05, 0.1) is 19.2 Å². The summed E-state index contributed by atoms with van der Waals surface area (Å²) < 4.78 is 0. The van der Waals surface area contributed by atoms with E-state index in [1.807, 2.05) is 12.4 Å². The summed E-state index contributed by atoms with van der Waals surface area (Å²) in [5, 5.41) is 12.0. The van der Waals surface area contributed by atoms with Gasteiger partial charge in [0.25, 0.3) is 0 Å². The molecule has 0 bridgehead atoms. The summed E-state index contributed by atoms with van der Waals surface area (Å²) in [5.74, 6) is 0.124. The molecule has 0 aromatic carbocycles. The van der Waals surface area contributed by atoms with E-state index in [1.165, 1.54) is 6.42 Å². The molecule has 5 nitrogen and oxygen atoms in total. The predicted molar refractivity (Wildman–Crippen MR) is 79.5 cm³/mol. The fourth-order valence-electron chi connectivity index (χ4n) is 2.66. The van der Waals surface area contributed by atoms with E-state index in [9.17, 15) is 9.90 Å². The first-order valence-electron chi connectivity index (χ1n) is 7.20. The maximum absolute atomic E-state index is 12.7. The minimum atomic E-state index is -0.0518. The van der Waals surface area contributed by atoms with Crippen LogP contribution in [0, 0.1) is 0 Å². The van der Waals surface area contributed by atoms with E-state index >= 15 is 0 Å². The number of aromatic nitrogens is 1. The van der Waals surface area contributed by atoms with E-state index in [-0.39, 0.29) is 18.6 Å². The van der Waals surface area contributed by atoms with Crippen LogP contribution in [-0.2, 0) is 11.3 Å². The average Bonchev–Trinajstić information content (AvgIpc) is 2.85. The van der Waals surface area contributed by atoms with Gasteiger partial charge in [0.2, 0.25) is 5.91 Å². The number of nitrogens with zero attached hydrogens (tertiary/aromatic N) is 3. The molecule has 0 aliphatic carbocycles. The molecule has 0 radical (unpaired) electrons. The third kappa shape index (κ3) is 4.01. The van der Waals surface area contributed by atoms with E-state index in [0.29, 0.717) is 13.1 Å². The molecular weight excluding hydrogens is 274 g/mol. The number of carbonyl (C=O) groups is 1. The highest BCUT2D eigenvalue weighted by molar-refractivity contribution is 7.09. The van der Waals surface area contributed by atoms with Crippen LogP contribution in [0.2, 0.25) is 0 Å². The third-order valence-corrected chi connectivity index (χ3v) is 4.56. The van der Waals surface area contributed by atoms with Crippen molar-refractivity contribution >= 4 is 17.2 Å². The summed E-state index contributed by atoms with van der Waals surface area (Å²) in [5.41, 5.74) is 0. The molecule has 1 aromatic heterocycles. The zero-order valence-corrected chi connectivity index (χ0v) is 12.8. The van der Waals surface area contributed by atoms with Gasteiger partial charge in [-0.3, -0.25) is 9.69 Å². The van der Waals surface area contributed by atoms with Crippen LogP contribution >= 0.6 is 11.3 Å². The number of aliphatic hydroxyl groups excluding tert-OH is 1. The maximum Gasteiger partial charge on any atom is 0.240 e. The van der Waals surface area contributed by atoms with Gasteiger partial charge in [-0.05, 0) is 26.4 Å². The lowest BCUT2D eigenvalue weighted by Gasteiger charge is -2.30. The number of hydrogen-bond donors (Lipinski definition) is 1. The van der Waals surface area contributed by atoms with E-state index in [2.05, 4.69) is 9.88 Å². The number of rotatable bonds is 5. The number of carbonyl (C=O) groups excluding carboxylic acids is 1. The Kier molecular flexibility index (Phi) is 5.94. The number of likely N-dealkylation sites (tertiary alicyclic amines) is 1. The Morgan fingerprint density at radius 2 is 2.40 bits per heavy atom. The van der Waals surface area contributed by atoms with Crippen LogP contribution in [0.1, 0.15) is 30.7 Å². The van der Waals surface area contributed by atoms with Crippen LogP contribution in [0.25, 0.3) is 0 Å². The topological polar surface area (TPSA) is 56.7 Å². The zero-order valence-electron chi connectivity index (χ0n) is 12.0. The van der Waals surface area contributed by atoms with Gasteiger partial charge < -0.3 is 10.0 Å². The minimum absolute atomic E-state index is 0.00640. The Hall–Kier alpha value is -0.980. The van der Waals surface area contributed by atoms with E-state index in [4.69, 9.17) is 0 Å². The Morgan fingerprint density at radius 3 is 3.10 bits per heavy atom. The molecular formula is C14H23N3O2S. The largest absolute Gasteiger partial charge is 0.395 e. The number of thiazole rings is 1. The Morgan fingerprint density at radius 1 is 1.55 bits per heavy atom. The zero-order chi connectivity index (χ0) is 14.4. The maximum atomic E-state index is 12.7. The monoisotopic (exact) mass is 297 g/mol. The lowest BCUT2D eigenvalue weighted by Crippen LogP contribution is -2.47. The van der Waals surface area contributed by atoms with Gasteiger partial charge in [-0.25, -0.2) is 4.98 Å². The van der Waals surface area contributed by atoms with Crippen molar-refractivity contribution < 1.29 is 9.90 Å². The molecule has 1 aliphatic rings. The van der Waals surface area contributed by atoms with Crippen molar-refractivity contribution in [2.45, 2.75) is 38.3 Å². The van der Waals surface area contributed by atoms with Crippen LogP contribution in [0.4, 0.5) is 0 Å². The standard InChI is InChI=1S/C14H23N3O2S/c1-16-7-4-2-3-5-12(16)14(19)17(8-9-18)11-13-15-6-10-20-13/h6,10,12,18H,2-5,7-9,11H2,1H3/t12-/m0/s1. The number of aliphatic hydroxyl groups is 1. The Labute approximate surface area is 124 Å². The van der Waals surface area contributed by atoms with Gasteiger partial charge in [0, 0.05) is 18.1 Å². The fourth-order valence-corrected chi connectivity index (χ4v) is 3.29. The summed E-state index contributed by atoms with van der Waals surface area (Å²) in [6, 6.07) is -0.0518. The molecule has 1 amide bonds. The van der Waals surface area contributed by atoms with Crippen molar-refractivity contribution in [2.24, 2.45) is 0 Å². The van der Waals surface area contributed by atoms with Gasteiger partial charge >= 0.3 is 0 Å². The molecule has 112 valence electrons. The molecule has 1 aliphatic heterocycles. The summed E-state index contributed by atoms with van der Waals surface area (Å²) in [6.07, 6.45) is 6.12. The van der Waals surface area contributed by atoms with E-state index in [1.54, 1.807) is 22.4 Å². The van der Waals surface area contributed by atoms with Crippen molar-refractivity contribution in [2.75, 3.05) is 26.7 Å². The van der Waals surface area contributed by atoms with Crippen LogP contribution in [0.3, 0.4) is 0 Å². The van der Waals surface area contributed by atoms with Gasteiger partial charge in [-0.2, -0.15) is 0 Å². The molecule has 1 aromatic rings. The smallest absolute Gasteiger partial charge is 0.240 e.